The van der Waals surface area contributed by atoms with Crippen LogP contribution in [-0.4, -0.2) is 53.2 Å². The van der Waals surface area contributed by atoms with Crippen molar-refractivity contribution in [2.75, 3.05) is 32.5 Å². The van der Waals surface area contributed by atoms with Gasteiger partial charge in [0.25, 0.3) is 0 Å². The summed E-state index contributed by atoms with van der Waals surface area (Å²) in [6, 6.07) is 5.76. The molecule has 130 valence electrons. The van der Waals surface area contributed by atoms with Gasteiger partial charge in [-0.25, -0.2) is 9.51 Å². The average molecular weight is 338 g/mol. The predicted molar refractivity (Wildman–Crippen MR) is 100 cm³/mol. The minimum atomic E-state index is -0.200. The maximum absolute atomic E-state index is 12.1. The lowest BCUT2D eigenvalue weighted by Crippen LogP contribution is -2.16. The maximum Gasteiger partial charge on any atom is 0.206 e. The van der Waals surface area contributed by atoms with Gasteiger partial charge in [0.15, 0.2) is 5.82 Å². The van der Waals surface area contributed by atoms with Crippen LogP contribution in [0.4, 0.5) is 11.5 Å². The van der Waals surface area contributed by atoms with Gasteiger partial charge in [-0.05, 0) is 51.3 Å². The van der Waals surface area contributed by atoms with Gasteiger partial charge >= 0.3 is 0 Å². The number of aliphatic imine (C=N–C) groups is 1. The Morgan fingerprint density at radius 1 is 1.32 bits per heavy atom. The number of fused-ring (bicyclic) bond motifs is 1. The van der Waals surface area contributed by atoms with Crippen molar-refractivity contribution in [3.05, 3.63) is 48.3 Å². The Hall–Kier alpha value is -2.93. The minimum Gasteiger partial charge on any atom is -0.399 e. The quantitative estimate of drug-likeness (QED) is 0.619. The SMILES string of the molecule is CN(C)CCCNc1nn2ccccc2c1N=C1C=CC(N)=CC1=O. The molecule has 0 bridgehead atoms. The number of anilines is 1. The van der Waals surface area contributed by atoms with Gasteiger partial charge in [0.1, 0.15) is 11.4 Å². The summed E-state index contributed by atoms with van der Waals surface area (Å²) in [6.07, 6.45) is 7.54. The number of hydrogen-bond acceptors (Lipinski definition) is 6. The number of pyridine rings is 1. The highest BCUT2D eigenvalue weighted by Crippen LogP contribution is 2.30. The molecule has 0 saturated heterocycles. The summed E-state index contributed by atoms with van der Waals surface area (Å²) in [5.74, 6) is 0.468. The van der Waals surface area contributed by atoms with Crippen LogP contribution in [0.2, 0.25) is 0 Å². The molecule has 2 aromatic rings. The molecule has 0 fully saturated rings. The van der Waals surface area contributed by atoms with Gasteiger partial charge < -0.3 is 16.0 Å². The van der Waals surface area contributed by atoms with Crippen molar-refractivity contribution in [3.63, 3.8) is 0 Å². The molecule has 2 aromatic heterocycles. The van der Waals surface area contributed by atoms with Crippen LogP contribution in [0.1, 0.15) is 6.42 Å². The first-order valence-electron chi connectivity index (χ1n) is 8.19. The fraction of sp³-hybridized carbons (Fsp3) is 0.278. The lowest BCUT2D eigenvalue weighted by Gasteiger charge is -2.10. The van der Waals surface area contributed by atoms with Gasteiger partial charge in [0.2, 0.25) is 5.78 Å². The van der Waals surface area contributed by atoms with E-state index in [1.165, 1.54) is 6.08 Å². The van der Waals surface area contributed by atoms with Crippen LogP contribution < -0.4 is 11.1 Å². The Morgan fingerprint density at radius 2 is 2.16 bits per heavy atom. The van der Waals surface area contributed by atoms with E-state index >= 15 is 0 Å². The Bertz CT molecular complexity index is 875. The summed E-state index contributed by atoms with van der Waals surface area (Å²) >= 11 is 0. The van der Waals surface area contributed by atoms with E-state index in [1.54, 1.807) is 16.7 Å². The summed E-state index contributed by atoms with van der Waals surface area (Å²) in [7, 11) is 4.09. The van der Waals surface area contributed by atoms with E-state index < -0.39 is 0 Å². The van der Waals surface area contributed by atoms with Gasteiger partial charge in [-0.1, -0.05) is 6.07 Å². The topological polar surface area (TPSA) is 88.0 Å². The Morgan fingerprint density at radius 3 is 2.92 bits per heavy atom. The number of ketones is 1. The summed E-state index contributed by atoms with van der Waals surface area (Å²) in [6.45, 7) is 1.76. The first-order valence-corrected chi connectivity index (χ1v) is 8.19. The molecule has 1 aliphatic rings. The lowest BCUT2D eigenvalue weighted by atomic mass is 10.1. The predicted octanol–water partition coefficient (Wildman–Crippen LogP) is 1.75. The van der Waals surface area contributed by atoms with Crippen molar-refractivity contribution < 1.29 is 4.79 Å². The van der Waals surface area contributed by atoms with E-state index in [0.717, 1.165) is 25.0 Å². The van der Waals surface area contributed by atoms with Crippen LogP contribution in [0, 0.1) is 0 Å². The first kappa shape index (κ1) is 16.9. The van der Waals surface area contributed by atoms with Gasteiger partial charge in [-0.15, -0.1) is 5.10 Å². The van der Waals surface area contributed by atoms with E-state index in [4.69, 9.17) is 5.73 Å². The largest absolute Gasteiger partial charge is 0.399 e. The second kappa shape index (κ2) is 7.31. The fourth-order valence-electron chi connectivity index (χ4n) is 2.56. The van der Waals surface area contributed by atoms with Gasteiger partial charge in [-0.3, -0.25) is 4.79 Å². The van der Waals surface area contributed by atoms with Crippen molar-refractivity contribution >= 4 is 28.5 Å². The second-order valence-electron chi connectivity index (χ2n) is 6.15. The van der Waals surface area contributed by atoms with Crippen LogP contribution in [0.3, 0.4) is 0 Å². The number of allylic oxidation sites excluding steroid dienone is 3. The number of carbonyl (C=O) groups is 1. The molecule has 7 heteroatoms. The maximum atomic E-state index is 12.1. The molecule has 0 amide bonds. The number of nitrogens with zero attached hydrogens (tertiary/aromatic N) is 4. The Kier molecular flexibility index (Phi) is 4.95. The van der Waals surface area contributed by atoms with E-state index in [-0.39, 0.29) is 5.78 Å². The smallest absolute Gasteiger partial charge is 0.206 e. The highest BCUT2D eigenvalue weighted by atomic mass is 16.1. The molecular formula is C18H22N6O. The molecule has 3 N–H and O–H groups in total. The number of nitrogens with two attached hydrogens (primary N) is 1. The summed E-state index contributed by atoms with van der Waals surface area (Å²) in [5.41, 5.74) is 7.94. The average Bonchev–Trinajstić information content (AvgIpc) is 2.92. The molecule has 2 heterocycles. The highest BCUT2D eigenvalue weighted by Gasteiger charge is 2.16. The standard InChI is InChI=1S/C18H22N6O/c1-23(2)10-5-9-20-18-17(15-6-3-4-11-24(15)22-18)21-14-8-7-13(19)12-16(14)25/h3-4,6-8,11-12H,5,9-10,19H2,1-2H3,(H,20,22). The third kappa shape index (κ3) is 3.95. The van der Waals surface area contributed by atoms with Crippen LogP contribution in [-0.2, 0) is 4.79 Å². The number of carbonyl (C=O) groups excluding carboxylic acids is 1. The van der Waals surface area contributed by atoms with Crippen LogP contribution in [0.5, 0.6) is 0 Å². The molecule has 25 heavy (non-hydrogen) atoms. The lowest BCUT2D eigenvalue weighted by molar-refractivity contribution is -0.108. The molecular weight excluding hydrogens is 316 g/mol. The third-order valence-electron chi connectivity index (χ3n) is 3.80. The van der Waals surface area contributed by atoms with Crippen LogP contribution in [0.25, 0.3) is 5.52 Å². The zero-order chi connectivity index (χ0) is 17.8. The highest BCUT2D eigenvalue weighted by molar-refractivity contribution is 6.49. The van der Waals surface area contributed by atoms with E-state index in [1.807, 2.05) is 38.5 Å². The van der Waals surface area contributed by atoms with E-state index in [0.29, 0.717) is 22.9 Å². The van der Waals surface area contributed by atoms with Crippen molar-refractivity contribution in [1.29, 1.82) is 0 Å². The molecule has 1 aliphatic carbocycles. The van der Waals surface area contributed by atoms with Crippen molar-refractivity contribution in [2.45, 2.75) is 6.42 Å². The molecule has 0 radical (unpaired) electrons. The summed E-state index contributed by atoms with van der Waals surface area (Å²) < 4.78 is 1.76. The van der Waals surface area contributed by atoms with E-state index in [9.17, 15) is 4.79 Å². The minimum absolute atomic E-state index is 0.200. The van der Waals surface area contributed by atoms with Gasteiger partial charge in [-0.2, -0.15) is 0 Å². The number of nitrogens with one attached hydrogen (secondary N) is 1. The number of hydrogen-bond donors (Lipinski definition) is 2. The van der Waals surface area contributed by atoms with Crippen LogP contribution in [0.15, 0.2) is 53.3 Å². The third-order valence-corrected chi connectivity index (χ3v) is 3.80. The number of aromatic nitrogens is 2. The molecule has 0 aliphatic heterocycles. The molecule has 0 saturated carbocycles. The first-order chi connectivity index (χ1) is 12.0. The molecule has 0 aromatic carbocycles. The second-order valence-corrected chi connectivity index (χ2v) is 6.15. The number of rotatable bonds is 6. The van der Waals surface area contributed by atoms with E-state index in [2.05, 4.69) is 20.3 Å². The molecule has 0 unspecified atom stereocenters. The summed E-state index contributed by atoms with van der Waals surface area (Å²) in [4.78, 5) is 18.8. The van der Waals surface area contributed by atoms with Crippen LogP contribution >= 0.6 is 0 Å². The fourth-order valence-corrected chi connectivity index (χ4v) is 2.56. The molecule has 0 spiro atoms. The zero-order valence-corrected chi connectivity index (χ0v) is 14.4. The normalized spacial score (nSPS) is 16.0. The van der Waals surface area contributed by atoms with Gasteiger partial charge in [0, 0.05) is 24.5 Å². The molecule has 0 atom stereocenters. The monoisotopic (exact) mass is 338 g/mol. The van der Waals surface area contributed by atoms with Gasteiger partial charge in [0.05, 0.1) is 5.52 Å². The Balaban J connectivity index is 1.91. The van der Waals surface area contributed by atoms with Crippen molar-refractivity contribution in [3.8, 4) is 0 Å². The summed E-state index contributed by atoms with van der Waals surface area (Å²) in [5, 5.41) is 7.87. The molecule has 3 rings (SSSR count). The zero-order valence-electron chi connectivity index (χ0n) is 14.4. The van der Waals surface area contributed by atoms with Crippen molar-refractivity contribution in [2.24, 2.45) is 10.7 Å². The van der Waals surface area contributed by atoms with Crippen molar-refractivity contribution in [1.82, 2.24) is 14.5 Å². The Labute approximate surface area is 146 Å². The molecule has 7 nitrogen and oxygen atoms in total.